The number of hydrogen-bond acceptors (Lipinski definition) is 5. The van der Waals surface area contributed by atoms with Gasteiger partial charge in [0.1, 0.15) is 11.6 Å². The van der Waals surface area contributed by atoms with Crippen LogP contribution in [0.1, 0.15) is 41.3 Å². The molecule has 0 radical (unpaired) electrons. The van der Waals surface area contributed by atoms with Gasteiger partial charge in [0.2, 0.25) is 11.8 Å². The highest BCUT2D eigenvalue weighted by atomic mass is 79.9. The number of nitrogens with one attached hydrogen (secondary N) is 2. The fraction of sp³-hybridized carbons (Fsp3) is 0.333. The van der Waals surface area contributed by atoms with Crippen molar-refractivity contribution in [2.24, 2.45) is 0 Å². The molecule has 3 aliphatic rings. The van der Waals surface area contributed by atoms with Crippen molar-refractivity contribution in [1.82, 2.24) is 14.7 Å². The Morgan fingerprint density at radius 2 is 1.69 bits per heavy atom. The van der Waals surface area contributed by atoms with Crippen LogP contribution in [0.15, 0.2) is 65.1 Å². The zero-order valence-corrected chi connectivity index (χ0v) is 27.7. The van der Waals surface area contributed by atoms with Crippen molar-refractivity contribution in [2.75, 3.05) is 43.4 Å². The molecule has 0 bridgehead atoms. The van der Waals surface area contributed by atoms with Gasteiger partial charge in [-0.1, -0.05) is 57.3 Å². The van der Waals surface area contributed by atoms with Crippen molar-refractivity contribution in [3.8, 4) is 0 Å². The molecule has 3 aromatic carbocycles. The van der Waals surface area contributed by atoms with Crippen LogP contribution in [-0.2, 0) is 26.3 Å². The normalized spacial score (nSPS) is 21.0. The molecule has 0 aromatic heterocycles. The van der Waals surface area contributed by atoms with Gasteiger partial charge in [-0.3, -0.25) is 19.2 Å². The summed E-state index contributed by atoms with van der Waals surface area (Å²) in [6, 6.07) is 17.2. The van der Waals surface area contributed by atoms with Crippen molar-refractivity contribution < 1.29 is 19.2 Å². The van der Waals surface area contributed by atoms with Crippen LogP contribution in [0, 0.1) is 0 Å². The topological polar surface area (TPSA) is 102 Å². The molecule has 234 valence electrons. The Morgan fingerprint density at radius 1 is 0.956 bits per heavy atom. The van der Waals surface area contributed by atoms with E-state index in [4.69, 9.17) is 23.2 Å². The Morgan fingerprint density at radius 3 is 2.42 bits per heavy atom. The summed E-state index contributed by atoms with van der Waals surface area (Å²) in [6.45, 7) is 3.80. The van der Waals surface area contributed by atoms with Crippen LogP contribution < -0.4 is 10.6 Å². The molecule has 12 heteroatoms. The summed E-state index contributed by atoms with van der Waals surface area (Å²) in [5, 5.41) is 7.48. The number of piperazine rings is 1. The summed E-state index contributed by atoms with van der Waals surface area (Å²) < 4.78 is 0.714. The molecule has 2 fully saturated rings. The van der Waals surface area contributed by atoms with Crippen molar-refractivity contribution >= 4 is 74.1 Å². The van der Waals surface area contributed by atoms with Crippen molar-refractivity contribution in [1.29, 1.82) is 0 Å². The van der Waals surface area contributed by atoms with Crippen molar-refractivity contribution in [3.05, 3.63) is 91.9 Å². The van der Waals surface area contributed by atoms with Gasteiger partial charge < -0.3 is 25.3 Å². The highest BCUT2D eigenvalue weighted by molar-refractivity contribution is 9.10. The van der Waals surface area contributed by atoms with Gasteiger partial charge in [0, 0.05) is 77.5 Å². The second-order valence-electron chi connectivity index (χ2n) is 11.7. The summed E-state index contributed by atoms with van der Waals surface area (Å²) in [4.78, 5) is 58.8. The minimum atomic E-state index is -1.29. The number of halogens is 3. The Kier molecular flexibility index (Phi) is 8.83. The molecule has 3 aliphatic heterocycles. The predicted octanol–water partition coefficient (Wildman–Crippen LogP) is 5.55. The van der Waals surface area contributed by atoms with E-state index in [1.165, 1.54) is 6.92 Å². The highest BCUT2D eigenvalue weighted by Gasteiger charge is 2.48. The Balaban J connectivity index is 1.33. The third kappa shape index (κ3) is 6.15. The van der Waals surface area contributed by atoms with Crippen LogP contribution in [0.2, 0.25) is 10.0 Å². The van der Waals surface area contributed by atoms with E-state index in [0.717, 1.165) is 5.56 Å². The quantitative estimate of drug-likeness (QED) is 0.349. The number of likely N-dealkylation sites (tertiary alicyclic amines) is 1. The molecule has 9 nitrogen and oxygen atoms in total. The molecular formula is C33H32BrCl2N5O4. The largest absolute Gasteiger partial charge is 0.367 e. The molecule has 3 aromatic rings. The van der Waals surface area contributed by atoms with Gasteiger partial charge in [-0.2, -0.15) is 0 Å². The number of anilines is 2. The van der Waals surface area contributed by atoms with Crippen LogP contribution in [0.4, 0.5) is 11.4 Å². The number of nitrogens with zero attached hydrogens (tertiary/aromatic N) is 3. The first kappa shape index (κ1) is 31.4. The lowest BCUT2D eigenvalue weighted by Gasteiger charge is -2.37. The zero-order chi connectivity index (χ0) is 31.9. The number of benzene rings is 3. The van der Waals surface area contributed by atoms with Crippen LogP contribution in [0.5, 0.6) is 0 Å². The van der Waals surface area contributed by atoms with E-state index in [2.05, 4.69) is 26.6 Å². The standard InChI is InChI=1S/C33H32BrCl2N5O4/c1-20(42)39-12-14-40(15-13-39)31(44)29-6-3-11-41(29)30(43)25-9-7-22(34)17-27(25)38-33(19-21-4-2-5-23(35)16-21)26-10-8-24(36)18-28(26)37-32(33)45/h2,4-5,7-10,16-18,29,38H,3,6,11-15,19H2,1H3,(H,37,45)/t29-,33?/m1/s1. The lowest BCUT2D eigenvalue weighted by molar-refractivity contribution is -0.141. The fourth-order valence-corrected chi connectivity index (χ4v) is 7.30. The molecule has 3 heterocycles. The molecule has 0 spiro atoms. The number of amides is 4. The van der Waals surface area contributed by atoms with Crippen LogP contribution >= 0.6 is 39.1 Å². The maximum absolute atomic E-state index is 14.3. The summed E-state index contributed by atoms with van der Waals surface area (Å²) in [5.74, 6) is -0.702. The zero-order valence-electron chi connectivity index (χ0n) is 24.6. The van der Waals surface area contributed by atoms with E-state index in [9.17, 15) is 19.2 Å². The van der Waals surface area contributed by atoms with E-state index in [1.807, 2.05) is 24.3 Å². The molecule has 6 rings (SSSR count). The number of fused-ring (bicyclic) bond motifs is 1. The third-order valence-corrected chi connectivity index (χ3v) is 9.79. The second kappa shape index (κ2) is 12.7. The first-order valence-corrected chi connectivity index (χ1v) is 16.4. The van der Waals surface area contributed by atoms with Gasteiger partial charge in [0.05, 0.1) is 5.56 Å². The van der Waals surface area contributed by atoms with Gasteiger partial charge in [0.25, 0.3) is 11.8 Å². The van der Waals surface area contributed by atoms with Crippen molar-refractivity contribution in [3.63, 3.8) is 0 Å². The van der Waals surface area contributed by atoms with Gasteiger partial charge in [0.15, 0.2) is 0 Å². The molecule has 45 heavy (non-hydrogen) atoms. The summed E-state index contributed by atoms with van der Waals surface area (Å²) in [7, 11) is 0. The molecule has 2 atom stereocenters. The third-order valence-electron chi connectivity index (χ3n) is 8.83. The van der Waals surface area contributed by atoms with Gasteiger partial charge in [-0.15, -0.1) is 0 Å². The number of carbonyl (C=O) groups excluding carboxylic acids is 4. The molecule has 2 N–H and O–H groups in total. The number of rotatable bonds is 6. The molecule has 4 amide bonds. The monoisotopic (exact) mass is 711 g/mol. The van der Waals surface area contributed by atoms with Crippen LogP contribution in [-0.4, -0.2) is 77.1 Å². The first-order valence-electron chi connectivity index (χ1n) is 14.8. The van der Waals surface area contributed by atoms with E-state index in [1.54, 1.807) is 51.1 Å². The number of hydrogen-bond donors (Lipinski definition) is 2. The van der Waals surface area contributed by atoms with Crippen LogP contribution in [0.3, 0.4) is 0 Å². The first-order chi connectivity index (χ1) is 21.6. The highest BCUT2D eigenvalue weighted by Crippen LogP contribution is 2.43. The minimum Gasteiger partial charge on any atom is -0.367 e. The predicted molar refractivity (Wildman–Crippen MR) is 178 cm³/mol. The van der Waals surface area contributed by atoms with Gasteiger partial charge in [-0.25, -0.2) is 0 Å². The van der Waals surface area contributed by atoms with E-state index in [0.29, 0.717) is 82.6 Å². The van der Waals surface area contributed by atoms with Gasteiger partial charge in [-0.05, 0) is 60.9 Å². The summed E-state index contributed by atoms with van der Waals surface area (Å²) >= 11 is 16.2. The smallest absolute Gasteiger partial charge is 0.256 e. The van der Waals surface area contributed by atoms with E-state index >= 15 is 0 Å². The summed E-state index contributed by atoms with van der Waals surface area (Å²) in [5.41, 5.74) is 1.60. The fourth-order valence-electron chi connectivity index (χ4n) is 6.55. The average Bonchev–Trinajstić information content (AvgIpc) is 3.59. The minimum absolute atomic E-state index is 0.00941. The van der Waals surface area contributed by atoms with Crippen LogP contribution in [0.25, 0.3) is 0 Å². The average molecular weight is 713 g/mol. The van der Waals surface area contributed by atoms with E-state index in [-0.39, 0.29) is 30.0 Å². The molecule has 1 unspecified atom stereocenters. The van der Waals surface area contributed by atoms with Gasteiger partial charge >= 0.3 is 0 Å². The lowest BCUT2D eigenvalue weighted by atomic mass is 9.84. The summed E-state index contributed by atoms with van der Waals surface area (Å²) in [6.07, 6.45) is 1.50. The van der Waals surface area contributed by atoms with Crippen molar-refractivity contribution in [2.45, 2.75) is 37.8 Å². The Bertz CT molecular complexity index is 1700. The van der Waals surface area contributed by atoms with E-state index < -0.39 is 11.6 Å². The molecular weight excluding hydrogens is 681 g/mol. The maximum atomic E-state index is 14.3. The molecule has 0 saturated carbocycles. The lowest BCUT2D eigenvalue weighted by Crippen LogP contribution is -2.55. The molecule has 0 aliphatic carbocycles. The molecule has 2 saturated heterocycles. The Hall–Kier alpha value is -3.60. The second-order valence-corrected chi connectivity index (χ2v) is 13.4. The maximum Gasteiger partial charge on any atom is 0.256 e. The number of carbonyl (C=O) groups is 4. The SMILES string of the molecule is CC(=O)N1CCN(C(=O)[C@H]2CCCN2C(=O)c2ccc(Br)cc2NC2(Cc3cccc(Cl)c3)C(=O)Nc3cc(Cl)ccc32)CC1. The Labute approximate surface area is 280 Å².